The van der Waals surface area contributed by atoms with Gasteiger partial charge in [-0.2, -0.15) is 0 Å². The van der Waals surface area contributed by atoms with E-state index in [0.717, 1.165) is 19.5 Å². The lowest BCUT2D eigenvalue weighted by atomic mass is 10.1. The van der Waals surface area contributed by atoms with E-state index in [1.54, 1.807) is 0 Å². The number of para-hydroxylation sites is 1. The van der Waals surface area contributed by atoms with Crippen molar-refractivity contribution in [3.05, 3.63) is 29.8 Å². The highest BCUT2D eigenvalue weighted by atomic mass is 16.1. The molecular weight excluding hydrogens is 250 g/mol. The van der Waals surface area contributed by atoms with Crippen LogP contribution in [0.3, 0.4) is 0 Å². The zero-order valence-electron chi connectivity index (χ0n) is 13.0. The number of nitrogens with one attached hydrogen (secondary N) is 1. The number of rotatable bonds is 8. The van der Waals surface area contributed by atoms with Crippen LogP contribution in [0.5, 0.6) is 0 Å². The number of hydrogen-bond acceptors (Lipinski definition) is 3. The molecule has 4 heteroatoms. The molecule has 0 bridgehead atoms. The van der Waals surface area contributed by atoms with E-state index in [2.05, 4.69) is 36.2 Å². The Bertz CT molecular complexity index is 431. The Hall–Kier alpha value is -1.55. The lowest BCUT2D eigenvalue weighted by Gasteiger charge is -2.27. The third-order valence-corrected chi connectivity index (χ3v) is 3.40. The van der Waals surface area contributed by atoms with Gasteiger partial charge in [0.05, 0.1) is 6.04 Å². The molecule has 0 aliphatic carbocycles. The molecule has 0 heterocycles. The average molecular weight is 277 g/mol. The van der Waals surface area contributed by atoms with Crippen molar-refractivity contribution in [3.8, 4) is 0 Å². The molecule has 1 aromatic rings. The average Bonchev–Trinajstić information content (AvgIpc) is 2.39. The van der Waals surface area contributed by atoms with Crippen molar-refractivity contribution in [2.24, 2.45) is 5.73 Å². The van der Waals surface area contributed by atoms with Gasteiger partial charge in [0.15, 0.2) is 0 Å². The SMILES string of the molecule is CCN(CCC(NC(C)C)C(N)=O)c1ccccc1C. The van der Waals surface area contributed by atoms with Gasteiger partial charge in [0.1, 0.15) is 0 Å². The van der Waals surface area contributed by atoms with Gasteiger partial charge < -0.3 is 16.0 Å². The van der Waals surface area contributed by atoms with Crippen molar-refractivity contribution in [1.29, 1.82) is 0 Å². The number of nitrogens with zero attached hydrogens (tertiary/aromatic N) is 1. The molecule has 0 aliphatic heterocycles. The molecule has 0 aromatic heterocycles. The van der Waals surface area contributed by atoms with Gasteiger partial charge >= 0.3 is 0 Å². The number of amides is 1. The maximum atomic E-state index is 11.5. The Morgan fingerprint density at radius 1 is 1.35 bits per heavy atom. The van der Waals surface area contributed by atoms with Crippen molar-refractivity contribution >= 4 is 11.6 Å². The maximum Gasteiger partial charge on any atom is 0.234 e. The topological polar surface area (TPSA) is 58.4 Å². The van der Waals surface area contributed by atoms with Crippen LogP contribution in [0.2, 0.25) is 0 Å². The summed E-state index contributed by atoms with van der Waals surface area (Å²) in [5.74, 6) is -0.278. The van der Waals surface area contributed by atoms with E-state index in [1.807, 2.05) is 26.0 Å². The van der Waals surface area contributed by atoms with Crippen LogP contribution < -0.4 is 16.0 Å². The number of carbonyl (C=O) groups excluding carboxylic acids is 1. The second-order valence-corrected chi connectivity index (χ2v) is 5.43. The lowest BCUT2D eigenvalue weighted by Crippen LogP contribution is -2.46. The first-order valence-corrected chi connectivity index (χ1v) is 7.31. The van der Waals surface area contributed by atoms with Gasteiger partial charge in [-0.1, -0.05) is 32.0 Å². The Labute approximate surface area is 122 Å². The quantitative estimate of drug-likeness (QED) is 0.764. The van der Waals surface area contributed by atoms with Crippen LogP contribution in [-0.2, 0) is 4.79 Å². The number of aryl methyl sites for hydroxylation is 1. The zero-order valence-corrected chi connectivity index (χ0v) is 13.0. The smallest absolute Gasteiger partial charge is 0.234 e. The van der Waals surface area contributed by atoms with Crippen molar-refractivity contribution in [1.82, 2.24) is 5.32 Å². The molecule has 0 fully saturated rings. The minimum atomic E-state index is -0.278. The van der Waals surface area contributed by atoms with Gasteiger partial charge in [-0.05, 0) is 31.9 Å². The third kappa shape index (κ3) is 4.85. The molecule has 4 nitrogen and oxygen atoms in total. The Balaban J connectivity index is 2.69. The van der Waals surface area contributed by atoms with Crippen LogP contribution >= 0.6 is 0 Å². The Morgan fingerprint density at radius 3 is 2.50 bits per heavy atom. The molecule has 112 valence electrons. The predicted octanol–water partition coefficient (Wildman–Crippen LogP) is 2.06. The number of hydrogen-bond donors (Lipinski definition) is 2. The van der Waals surface area contributed by atoms with Crippen LogP contribution in [-0.4, -0.2) is 31.1 Å². The fraction of sp³-hybridized carbons (Fsp3) is 0.562. The van der Waals surface area contributed by atoms with Gasteiger partial charge in [0.2, 0.25) is 5.91 Å². The van der Waals surface area contributed by atoms with Crippen LogP contribution in [0.25, 0.3) is 0 Å². The van der Waals surface area contributed by atoms with Gasteiger partial charge in [0.25, 0.3) is 0 Å². The molecule has 1 atom stereocenters. The fourth-order valence-electron chi connectivity index (χ4n) is 2.36. The fourth-order valence-corrected chi connectivity index (χ4v) is 2.36. The number of benzene rings is 1. The summed E-state index contributed by atoms with van der Waals surface area (Å²) in [7, 11) is 0. The molecule has 1 amide bonds. The second kappa shape index (κ2) is 7.90. The second-order valence-electron chi connectivity index (χ2n) is 5.43. The molecule has 0 saturated carbocycles. The molecule has 3 N–H and O–H groups in total. The number of primary amides is 1. The molecule has 0 spiro atoms. The van der Waals surface area contributed by atoms with Crippen molar-refractivity contribution in [3.63, 3.8) is 0 Å². The predicted molar refractivity (Wildman–Crippen MR) is 84.9 cm³/mol. The van der Waals surface area contributed by atoms with Gasteiger partial charge in [-0.15, -0.1) is 0 Å². The van der Waals surface area contributed by atoms with Crippen LogP contribution in [0.15, 0.2) is 24.3 Å². The molecule has 1 unspecified atom stereocenters. The molecule has 0 radical (unpaired) electrons. The zero-order chi connectivity index (χ0) is 15.1. The van der Waals surface area contributed by atoms with E-state index in [0.29, 0.717) is 0 Å². The summed E-state index contributed by atoms with van der Waals surface area (Å²) in [6.45, 7) is 10.0. The van der Waals surface area contributed by atoms with Crippen molar-refractivity contribution in [2.45, 2.75) is 46.2 Å². The van der Waals surface area contributed by atoms with E-state index >= 15 is 0 Å². The van der Waals surface area contributed by atoms with E-state index < -0.39 is 0 Å². The summed E-state index contributed by atoms with van der Waals surface area (Å²) in [5.41, 5.74) is 7.94. The highest BCUT2D eigenvalue weighted by Crippen LogP contribution is 2.19. The van der Waals surface area contributed by atoms with Crippen molar-refractivity contribution in [2.75, 3.05) is 18.0 Å². The highest BCUT2D eigenvalue weighted by molar-refractivity contribution is 5.79. The summed E-state index contributed by atoms with van der Waals surface area (Å²) >= 11 is 0. The van der Waals surface area contributed by atoms with Crippen LogP contribution in [0.1, 0.15) is 32.8 Å². The van der Waals surface area contributed by atoms with Gasteiger partial charge in [0, 0.05) is 24.8 Å². The maximum absolute atomic E-state index is 11.5. The molecular formula is C16H27N3O. The first-order valence-electron chi connectivity index (χ1n) is 7.31. The highest BCUT2D eigenvalue weighted by Gasteiger charge is 2.17. The first-order chi connectivity index (χ1) is 9.45. The number of nitrogens with two attached hydrogens (primary N) is 1. The van der Waals surface area contributed by atoms with Gasteiger partial charge in [-0.25, -0.2) is 0 Å². The minimum Gasteiger partial charge on any atom is -0.372 e. The van der Waals surface area contributed by atoms with E-state index in [4.69, 9.17) is 5.73 Å². The van der Waals surface area contributed by atoms with E-state index in [-0.39, 0.29) is 18.0 Å². The third-order valence-electron chi connectivity index (χ3n) is 3.40. The summed E-state index contributed by atoms with van der Waals surface area (Å²) in [6, 6.07) is 8.29. The molecule has 0 saturated heterocycles. The largest absolute Gasteiger partial charge is 0.372 e. The standard InChI is InChI=1S/C16H27N3O/c1-5-19(15-9-7-6-8-13(15)4)11-10-14(16(17)20)18-12(2)3/h6-9,12,14,18H,5,10-11H2,1-4H3,(H2,17,20). The number of anilines is 1. The molecule has 1 aromatic carbocycles. The monoisotopic (exact) mass is 277 g/mol. The Kier molecular flexibility index (Phi) is 6.52. The molecule has 20 heavy (non-hydrogen) atoms. The van der Waals surface area contributed by atoms with Crippen LogP contribution in [0, 0.1) is 6.92 Å². The number of carbonyl (C=O) groups is 1. The van der Waals surface area contributed by atoms with Crippen LogP contribution in [0.4, 0.5) is 5.69 Å². The molecule has 1 rings (SSSR count). The molecule has 0 aliphatic rings. The lowest BCUT2D eigenvalue weighted by molar-refractivity contribution is -0.120. The minimum absolute atomic E-state index is 0.251. The van der Waals surface area contributed by atoms with E-state index in [1.165, 1.54) is 11.3 Å². The summed E-state index contributed by atoms with van der Waals surface area (Å²) in [6.07, 6.45) is 0.718. The van der Waals surface area contributed by atoms with Gasteiger partial charge in [-0.3, -0.25) is 4.79 Å². The first kappa shape index (κ1) is 16.5. The summed E-state index contributed by atoms with van der Waals surface area (Å²) < 4.78 is 0. The summed E-state index contributed by atoms with van der Waals surface area (Å²) in [4.78, 5) is 13.8. The normalized spacial score (nSPS) is 12.4. The Morgan fingerprint density at radius 2 is 2.00 bits per heavy atom. The van der Waals surface area contributed by atoms with Crippen molar-refractivity contribution < 1.29 is 4.79 Å². The van der Waals surface area contributed by atoms with E-state index in [9.17, 15) is 4.79 Å². The summed E-state index contributed by atoms with van der Waals surface area (Å²) in [5, 5.41) is 3.22.